The van der Waals surface area contributed by atoms with Gasteiger partial charge in [-0.05, 0) is 44.9 Å². The van der Waals surface area contributed by atoms with E-state index in [9.17, 15) is 9.59 Å². The molecular weight excluding hydrogens is 296 g/mol. The van der Waals surface area contributed by atoms with Crippen LogP contribution in [0.25, 0.3) is 0 Å². The highest BCUT2D eigenvalue weighted by atomic mass is 16.7. The Morgan fingerprint density at radius 1 is 1.13 bits per heavy atom. The largest absolute Gasteiger partial charge is 0.454 e. The van der Waals surface area contributed by atoms with Gasteiger partial charge in [0.2, 0.25) is 18.6 Å². The molecule has 1 aliphatic heterocycles. The van der Waals surface area contributed by atoms with Gasteiger partial charge in [0.05, 0.1) is 11.8 Å². The van der Waals surface area contributed by atoms with Gasteiger partial charge in [0.25, 0.3) is 0 Å². The van der Waals surface area contributed by atoms with Crippen molar-refractivity contribution in [2.45, 2.75) is 39.3 Å². The van der Waals surface area contributed by atoms with Crippen molar-refractivity contribution < 1.29 is 19.1 Å². The Labute approximate surface area is 135 Å². The summed E-state index contributed by atoms with van der Waals surface area (Å²) in [6, 6.07) is 5.59. The number of hydrogen-bond donors (Lipinski definition) is 2. The number of benzene rings is 1. The summed E-state index contributed by atoms with van der Waals surface area (Å²) in [6.07, 6.45) is 0.620. The summed E-state index contributed by atoms with van der Waals surface area (Å²) >= 11 is 0. The molecule has 0 bridgehead atoms. The Morgan fingerprint density at radius 3 is 2.57 bits per heavy atom. The summed E-state index contributed by atoms with van der Waals surface area (Å²) in [7, 11) is 0. The van der Waals surface area contributed by atoms with Crippen LogP contribution in [0.3, 0.4) is 0 Å². The van der Waals surface area contributed by atoms with Crippen LogP contribution in [-0.2, 0) is 16.1 Å². The molecule has 23 heavy (non-hydrogen) atoms. The van der Waals surface area contributed by atoms with Crippen molar-refractivity contribution in [3.05, 3.63) is 23.8 Å². The summed E-state index contributed by atoms with van der Waals surface area (Å²) in [5.41, 5.74) is 0.673. The van der Waals surface area contributed by atoms with Crippen LogP contribution in [0.2, 0.25) is 0 Å². The smallest absolute Gasteiger partial charge is 0.231 e. The molecule has 2 N–H and O–H groups in total. The zero-order valence-electron chi connectivity index (χ0n) is 13.6. The molecule has 2 atom stereocenters. The molecule has 1 aromatic rings. The van der Waals surface area contributed by atoms with Crippen LogP contribution in [0, 0.1) is 11.8 Å². The maximum Gasteiger partial charge on any atom is 0.231 e. The first-order valence-electron chi connectivity index (χ1n) is 7.82. The molecule has 0 spiro atoms. The molecular formula is C17H22N2O4. The van der Waals surface area contributed by atoms with Crippen molar-refractivity contribution in [3.8, 4) is 11.5 Å². The first-order valence-corrected chi connectivity index (χ1v) is 7.82. The molecule has 6 nitrogen and oxygen atoms in total. The zero-order chi connectivity index (χ0) is 16.6. The molecule has 1 saturated carbocycles. The van der Waals surface area contributed by atoms with E-state index < -0.39 is 0 Å². The Balaban J connectivity index is 1.48. The molecule has 1 aliphatic carbocycles. The van der Waals surface area contributed by atoms with E-state index in [-0.39, 0.29) is 36.0 Å². The van der Waals surface area contributed by atoms with Gasteiger partial charge in [-0.15, -0.1) is 0 Å². The first kappa shape index (κ1) is 15.6. The monoisotopic (exact) mass is 318 g/mol. The van der Waals surface area contributed by atoms with Crippen LogP contribution in [0.4, 0.5) is 0 Å². The number of hydrogen-bond acceptors (Lipinski definition) is 4. The number of carbonyl (C=O) groups excluding carboxylic acids is 2. The quantitative estimate of drug-likeness (QED) is 0.884. The van der Waals surface area contributed by atoms with E-state index >= 15 is 0 Å². The van der Waals surface area contributed by atoms with E-state index in [0.717, 1.165) is 11.3 Å². The van der Waals surface area contributed by atoms with Crippen molar-refractivity contribution in [2.75, 3.05) is 6.79 Å². The van der Waals surface area contributed by atoms with Gasteiger partial charge in [0.15, 0.2) is 11.5 Å². The van der Waals surface area contributed by atoms with Crippen molar-refractivity contribution in [3.63, 3.8) is 0 Å². The average Bonchev–Trinajstić information content (AvgIpc) is 3.14. The molecule has 6 heteroatoms. The van der Waals surface area contributed by atoms with Crippen molar-refractivity contribution in [1.29, 1.82) is 0 Å². The van der Waals surface area contributed by atoms with E-state index in [1.165, 1.54) is 0 Å². The molecule has 0 saturated heterocycles. The molecule has 2 amide bonds. The van der Waals surface area contributed by atoms with E-state index in [2.05, 4.69) is 10.6 Å². The first-order chi connectivity index (χ1) is 10.8. The molecule has 2 unspecified atom stereocenters. The second-order valence-electron chi connectivity index (χ2n) is 7.09. The number of nitrogens with one attached hydrogen (secondary N) is 2. The zero-order valence-corrected chi connectivity index (χ0v) is 13.6. The lowest BCUT2D eigenvalue weighted by Gasteiger charge is -2.20. The second kappa shape index (κ2) is 5.76. The topological polar surface area (TPSA) is 76.7 Å². The lowest BCUT2D eigenvalue weighted by molar-refractivity contribution is -0.128. The summed E-state index contributed by atoms with van der Waals surface area (Å²) in [4.78, 5) is 24.2. The lowest BCUT2D eigenvalue weighted by Crippen LogP contribution is -2.42. The van der Waals surface area contributed by atoms with Gasteiger partial charge >= 0.3 is 0 Å². The van der Waals surface area contributed by atoms with Crippen molar-refractivity contribution in [1.82, 2.24) is 10.6 Å². The van der Waals surface area contributed by atoms with Gasteiger partial charge in [0, 0.05) is 12.1 Å². The van der Waals surface area contributed by atoms with E-state index in [1.54, 1.807) is 0 Å². The number of carbonyl (C=O) groups is 2. The fraction of sp³-hybridized carbons (Fsp3) is 0.529. The van der Waals surface area contributed by atoms with Crippen LogP contribution >= 0.6 is 0 Å². The molecule has 1 fully saturated rings. The summed E-state index contributed by atoms with van der Waals surface area (Å²) in [5.74, 6) is 0.890. The minimum atomic E-state index is -0.271. The van der Waals surface area contributed by atoms with Crippen molar-refractivity contribution >= 4 is 11.8 Å². The molecule has 0 radical (unpaired) electrons. The molecule has 124 valence electrons. The second-order valence-corrected chi connectivity index (χ2v) is 7.09. The van der Waals surface area contributed by atoms with Crippen LogP contribution in [0.15, 0.2) is 18.2 Å². The SMILES string of the molecule is CC(C)(C)NC(=O)C1CC1C(=O)NCc1ccc2c(c1)OCO2. The molecule has 0 aromatic heterocycles. The van der Waals surface area contributed by atoms with Gasteiger partial charge in [-0.3, -0.25) is 9.59 Å². The summed E-state index contributed by atoms with van der Waals surface area (Å²) in [6.45, 7) is 6.45. The van der Waals surface area contributed by atoms with Gasteiger partial charge in [-0.1, -0.05) is 6.07 Å². The Kier molecular flexibility index (Phi) is 3.92. The maximum absolute atomic E-state index is 12.1. The third kappa shape index (κ3) is 3.75. The third-order valence-corrected chi connectivity index (χ3v) is 3.87. The summed E-state index contributed by atoms with van der Waals surface area (Å²) in [5, 5.41) is 5.80. The number of ether oxygens (including phenoxy) is 2. The highest BCUT2D eigenvalue weighted by molar-refractivity contribution is 5.92. The Bertz CT molecular complexity index is 636. The molecule has 1 heterocycles. The van der Waals surface area contributed by atoms with Crippen LogP contribution < -0.4 is 20.1 Å². The van der Waals surface area contributed by atoms with E-state index in [4.69, 9.17) is 9.47 Å². The molecule has 3 rings (SSSR count). The number of fused-ring (bicyclic) bond motifs is 1. The maximum atomic E-state index is 12.1. The number of amides is 2. The fourth-order valence-corrected chi connectivity index (χ4v) is 2.61. The van der Waals surface area contributed by atoms with E-state index in [0.29, 0.717) is 18.7 Å². The highest BCUT2D eigenvalue weighted by Gasteiger charge is 2.48. The Hall–Kier alpha value is -2.24. The van der Waals surface area contributed by atoms with Crippen LogP contribution in [0.1, 0.15) is 32.8 Å². The normalized spacial score (nSPS) is 21.7. The van der Waals surface area contributed by atoms with Gasteiger partial charge in [-0.2, -0.15) is 0 Å². The van der Waals surface area contributed by atoms with E-state index in [1.807, 2.05) is 39.0 Å². The third-order valence-electron chi connectivity index (χ3n) is 3.87. The predicted molar refractivity (Wildman–Crippen MR) is 83.9 cm³/mol. The predicted octanol–water partition coefficient (Wildman–Crippen LogP) is 1.58. The molecule has 2 aliphatic rings. The number of rotatable bonds is 4. The molecule has 1 aromatic carbocycles. The highest BCUT2D eigenvalue weighted by Crippen LogP contribution is 2.39. The fourth-order valence-electron chi connectivity index (χ4n) is 2.61. The lowest BCUT2D eigenvalue weighted by atomic mass is 10.1. The average molecular weight is 318 g/mol. The minimum absolute atomic E-state index is 0.0410. The standard InChI is InChI=1S/C17H22N2O4/c1-17(2,3)19-16(21)12-7-11(12)15(20)18-8-10-4-5-13-14(6-10)23-9-22-13/h4-6,11-12H,7-9H2,1-3H3,(H,18,20)(H,19,21). The Morgan fingerprint density at radius 2 is 1.83 bits per heavy atom. The van der Waals surface area contributed by atoms with Crippen LogP contribution in [-0.4, -0.2) is 24.1 Å². The summed E-state index contributed by atoms with van der Waals surface area (Å²) < 4.78 is 10.6. The van der Waals surface area contributed by atoms with Crippen LogP contribution in [0.5, 0.6) is 11.5 Å². The van der Waals surface area contributed by atoms with Gasteiger partial charge < -0.3 is 20.1 Å². The van der Waals surface area contributed by atoms with Gasteiger partial charge in [-0.25, -0.2) is 0 Å². The van der Waals surface area contributed by atoms with Gasteiger partial charge in [0.1, 0.15) is 0 Å². The minimum Gasteiger partial charge on any atom is -0.454 e. The van der Waals surface area contributed by atoms with Crippen molar-refractivity contribution in [2.24, 2.45) is 11.8 Å².